The van der Waals surface area contributed by atoms with Gasteiger partial charge in [-0.15, -0.1) is 11.6 Å². The van der Waals surface area contributed by atoms with Crippen LogP contribution in [-0.4, -0.2) is 29.5 Å². The van der Waals surface area contributed by atoms with Gasteiger partial charge >= 0.3 is 5.76 Å². The number of likely N-dealkylation sites (N-methyl/N-ethyl adjacent to an activating group) is 1. The van der Waals surface area contributed by atoms with E-state index in [1.807, 2.05) is 18.2 Å². The second kappa shape index (κ2) is 6.95. The molecular weight excluding hydrogens is 276 g/mol. The van der Waals surface area contributed by atoms with Gasteiger partial charge in [-0.3, -0.25) is 4.98 Å². The summed E-state index contributed by atoms with van der Waals surface area (Å²) in [7, 11) is 0. The van der Waals surface area contributed by atoms with Crippen molar-refractivity contribution in [3.63, 3.8) is 0 Å². The highest BCUT2D eigenvalue weighted by Gasteiger charge is 2.14. The molecule has 2 rings (SSSR count). The number of nitrogens with zero attached hydrogens (tertiary/aromatic N) is 1. The van der Waals surface area contributed by atoms with Crippen molar-refractivity contribution in [1.82, 2.24) is 9.88 Å². The van der Waals surface area contributed by atoms with Crippen LogP contribution >= 0.6 is 11.6 Å². The molecule has 4 nitrogen and oxygen atoms in total. The number of alkyl halides is 1. The standard InChI is InChI=1S/C15H21ClN2O2/c1-3-5-8-18(4-2)10-12(16)11-6-7-13-14(9-11)20-15(19)17-13/h6-7,9,12H,3-5,8,10H2,1-2H3,(H,17,19). The van der Waals surface area contributed by atoms with E-state index in [2.05, 4.69) is 23.7 Å². The summed E-state index contributed by atoms with van der Waals surface area (Å²) in [5.74, 6) is -0.429. The van der Waals surface area contributed by atoms with Gasteiger partial charge in [0.2, 0.25) is 0 Å². The third kappa shape index (κ3) is 3.64. The molecular formula is C15H21ClN2O2. The van der Waals surface area contributed by atoms with E-state index in [1.165, 1.54) is 12.8 Å². The summed E-state index contributed by atoms with van der Waals surface area (Å²) >= 11 is 6.49. The first kappa shape index (κ1) is 15.1. The minimum atomic E-state index is -0.429. The van der Waals surface area contributed by atoms with E-state index in [0.717, 1.165) is 25.2 Å². The van der Waals surface area contributed by atoms with Gasteiger partial charge < -0.3 is 9.32 Å². The fraction of sp³-hybridized carbons (Fsp3) is 0.533. The molecule has 0 amide bonds. The SMILES string of the molecule is CCCCN(CC)CC(Cl)c1ccc2[nH]c(=O)oc2c1. The van der Waals surface area contributed by atoms with E-state index in [-0.39, 0.29) is 5.38 Å². The average Bonchev–Trinajstić information content (AvgIpc) is 2.82. The fourth-order valence-corrected chi connectivity index (χ4v) is 2.58. The Morgan fingerprint density at radius 2 is 2.20 bits per heavy atom. The molecule has 110 valence electrons. The second-order valence-electron chi connectivity index (χ2n) is 4.98. The Morgan fingerprint density at radius 3 is 2.90 bits per heavy atom. The van der Waals surface area contributed by atoms with Crippen LogP contribution in [0.25, 0.3) is 11.1 Å². The van der Waals surface area contributed by atoms with Gasteiger partial charge in [0.05, 0.1) is 10.9 Å². The Morgan fingerprint density at radius 1 is 1.40 bits per heavy atom. The maximum atomic E-state index is 11.1. The van der Waals surface area contributed by atoms with Gasteiger partial charge in [0.1, 0.15) is 0 Å². The van der Waals surface area contributed by atoms with E-state index in [4.69, 9.17) is 16.0 Å². The first-order valence-electron chi connectivity index (χ1n) is 7.13. The molecule has 0 bridgehead atoms. The van der Waals surface area contributed by atoms with Gasteiger partial charge in [-0.25, -0.2) is 4.79 Å². The number of benzene rings is 1. The molecule has 0 radical (unpaired) electrons. The van der Waals surface area contributed by atoms with Crippen LogP contribution in [0.5, 0.6) is 0 Å². The number of H-pyrrole nitrogens is 1. The molecule has 1 heterocycles. The van der Waals surface area contributed by atoms with Gasteiger partial charge in [-0.05, 0) is 37.2 Å². The number of aromatic nitrogens is 1. The molecule has 5 heteroatoms. The van der Waals surface area contributed by atoms with Crippen LogP contribution in [0.15, 0.2) is 27.4 Å². The summed E-state index contributed by atoms with van der Waals surface area (Å²) in [4.78, 5) is 16.1. The monoisotopic (exact) mass is 296 g/mol. The van der Waals surface area contributed by atoms with E-state index in [1.54, 1.807) is 0 Å². The molecule has 0 spiro atoms. The molecule has 0 aliphatic rings. The lowest BCUT2D eigenvalue weighted by atomic mass is 10.1. The van der Waals surface area contributed by atoms with Crippen molar-refractivity contribution >= 4 is 22.7 Å². The lowest BCUT2D eigenvalue weighted by Crippen LogP contribution is -2.28. The Labute approximate surface area is 123 Å². The number of aromatic amines is 1. The molecule has 0 aliphatic heterocycles. The van der Waals surface area contributed by atoms with Gasteiger partial charge in [0.15, 0.2) is 5.58 Å². The maximum absolute atomic E-state index is 11.1. The first-order chi connectivity index (χ1) is 9.63. The van der Waals surface area contributed by atoms with Crippen molar-refractivity contribution in [3.05, 3.63) is 34.3 Å². The molecule has 0 saturated carbocycles. The van der Waals surface area contributed by atoms with E-state index in [0.29, 0.717) is 11.1 Å². The molecule has 0 fully saturated rings. The number of unbranched alkanes of at least 4 members (excludes halogenated alkanes) is 1. The number of rotatable bonds is 7. The molecule has 1 atom stereocenters. The highest BCUT2D eigenvalue weighted by atomic mass is 35.5. The average molecular weight is 297 g/mol. The Bertz CT molecular complexity index is 605. The van der Waals surface area contributed by atoms with Gasteiger partial charge in [-0.2, -0.15) is 0 Å². The van der Waals surface area contributed by atoms with Crippen molar-refractivity contribution < 1.29 is 4.42 Å². The minimum Gasteiger partial charge on any atom is -0.408 e. The predicted octanol–water partition coefficient (Wildman–Crippen LogP) is 3.52. The van der Waals surface area contributed by atoms with Crippen LogP contribution in [0.1, 0.15) is 37.6 Å². The molecule has 1 unspecified atom stereocenters. The first-order valence-corrected chi connectivity index (χ1v) is 7.56. The smallest absolute Gasteiger partial charge is 0.408 e. The highest BCUT2D eigenvalue weighted by Crippen LogP contribution is 2.24. The Kier molecular flexibility index (Phi) is 5.26. The van der Waals surface area contributed by atoms with Crippen LogP contribution in [0.3, 0.4) is 0 Å². The van der Waals surface area contributed by atoms with Crippen LogP contribution < -0.4 is 5.76 Å². The highest BCUT2D eigenvalue weighted by molar-refractivity contribution is 6.21. The van der Waals surface area contributed by atoms with E-state index < -0.39 is 5.76 Å². The van der Waals surface area contributed by atoms with Crippen LogP contribution in [0.4, 0.5) is 0 Å². The second-order valence-corrected chi connectivity index (χ2v) is 5.51. The van der Waals surface area contributed by atoms with Gasteiger partial charge in [-0.1, -0.05) is 26.3 Å². The van der Waals surface area contributed by atoms with E-state index in [9.17, 15) is 4.79 Å². The quantitative estimate of drug-likeness (QED) is 0.795. The number of hydrogen-bond donors (Lipinski definition) is 1. The fourth-order valence-electron chi connectivity index (χ4n) is 2.25. The summed E-state index contributed by atoms with van der Waals surface area (Å²) in [6.45, 7) is 7.20. The summed E-state index contributed by atoms with van der Waals surface area (Å²) in [6, 6.07) is 5.63. The number of halogens is 1. The van der Waals surface area contributed by atoms with Crippen molar-refractivity contribution in [1.29, 1.82) is 0 Å². The maximum Gasteiger partial charge on any atom is 0.417 e. The molecule has 1 aromatic heterocycles. The van der Waals surface area contributed by atoms with Crippen molar-refractivity contribution in [2.45, 2.75) is 32.1 Å². The van der Waals surface area contributed by atoms with Gasteiger partial charge in [0.25, 0.3) is 0 Å². The summed E-state index contributed by atoms with van der Waals surface area (Å²) in [5.41, 5.74) is 2.26. The Balaban J connectivity index is 2.09. The Hall–Kier alpha value is -1.26. The third-order valence-electron chi connectivity index (χ3n) is 3.50. The predicted molar refractivity (Wildman–Crippen MR) is 82.5 cm³/mol. The number of hydrogen-bond acceptors (Lipinski definition) is 3. The normalized spacial score (nSPS) is 13.2. The number of fused-ring (bicyclic) bond motifs is 1. The zero-order chi connectivity index (χ0) is 14.5. The van der Waals surface area contributed by atoms with Crippen LogP contribution in [-0.2, 0) is 0 Å². The lowest BCUT2D eigenvalue weighted by Gasteiger charge is -2.23. The summed E-state index contributed by atoms with van der Waals surface area (Å²) in [6.07, 6.45) is 2.37. The molecule has 0 saturated heterocycles. The van der Waals surface area contributed by atoms with Crippen molar-refractivity contribution in [3.8, 4) is 0 Å². The molecule has 1 N–H and O–H groups in total. The van der Waals surface area contributed by atoms with E-state index >= 15 is 0 Å². The zero-order valence-corrected chi connectivity index (χ0v) is 12.7. The third-order valence-corrected chi connectivity index (χ3v) is 3.89. The number of nitrogens with one attached hydrogen (secondary N) is 1. The molecule has 0 aliphatic carbocycles. The summed E-state index contributed by atoms with van der Waals surface area (Å²) < 4.78 is 5.07. The van der Waals surface area contributed by atoms with Crippen LogP contribution in [0, 0.1) is 0 Å². The zero-order valence-electron chi connectivity index (χ0n) is 12.0. The lowest BCUT2D eigenvalue weighted by molar-refractivity contribution is 0.283. The van der Waals surface area contributed by atoms with Crippen molar-refractivity contribution in [2.24, 2.45) is 0 Å². The number of oxazole rings is 1. The van der Waals surface area contributed by atoms with Gasteiger partial charge in [0, 0.05) is 6.54 Å². The van der Waals surface area contributed by atoms with Crippen molar-refractivity contribution in [2.75, 3.05) is 19.6 Å². The largest absolute Gasteiger partial charge is 0.417 e. The minimum absolute atomic E-state index is 0.101. The molecule has 2 aromatic rings. The molecule has 20 heavy (non-hydrogen) atoms. The van der Waals surface area contributed by atoms with Crippen LogP contribution in [0.2, 0.25) is 0 Å². The molecule has 1 aromatic carbocycles. The topological polar surface area (TPSA) is 49.2 Å². The summed E-state index contributed by atoms with van der Waals surface area (Å²) in [5, 5.41) is -0.101.